The molecule has 11 heteroatoms. The Labute approximate surface area is 247 Å². The van der Waals surface area contributed by atoms with Gasteiger partial charge in [-0.3, -0.25) is 9.88 Å². The maximum Gasteiger partial charge on any atom is 0.319 e. The summed E-state index contributed by atoms with van der Waals surface area (Å²) < 4.78 is 37.6. The lowest BCUT2D eigenvalue weighted by Crippen LogP contribution is -2.51. The number of pyridine rings is 1. The van der Waals surface area contributed by atoms with Crippen LogP contribution in [0.15, 0.2) is 24.2 Å². The number of fused-ring (bicyclic) bond motifs is 5. The molecule has 220 valence electrons. The van der Waals surface area contributed by atoms with Crippen molar-refractivity contribution >= 4 is 33.4 Å². The fraction of sp³-hybridized carbons (Fsp3) is 0.516. The van der Waals surface area contributed by atoms with Crippen LogP contribution < -0.4 is 15.0 Å². The molecule has 2 atom stereocenters. The maximum atomic E-state index is 16.6. The smallest absolute Gasteiger partial charge is 0.319 e. The van der Waals surface area contributed by atoms with Crippen molar-refractivity contribution in [2.24, 2.45) is 0 Å². The number of aromatic nitrogens is 3. The van der Waals surface area contributed by atoms with Crippen molar-refractivity contribution in [2.75, 3.05) is 37.7 Å². The van der Waals surface area contributed by atoms with E-state index in [1.165, 1.54) is 6.07 Å². The molecule has 2 N–H and O–H groups in total. The van der Waals surface area contributed by atoms with Crippen molar-refractivity contribution in [2.45, 2.75) is 69.0 Å². The molecule has 8 nitrogen and oxygen atoms in total. The molecule has 2 bridgehead atoms. The van der Waals surface area contributed by atoms with Crippen LogP contribution in [0.25, 0.3) is 27.2 Å². The maximum absolute atomic E-state index is 16.6. The first kappa shape index (κ1) is 26.5. The number of aromatic hydroxyl groups is 1. The Morgan fingerprint density at radius 3 is 2.60 bits per heavy atom. The Morgan fingerprint density at radius 1 is 1.07 bits per heavy atom. The lowest BCUT2D eigenvalue weighted by Gasteiger charge is -2.34. The van der Waals surface area contributed by atoms with Gasteiger partial charge < -0.3 is 20.1 Å². The van der Waals surface area contributed by atoms with Crippen LogP contribution in [0, 0.1) is 5.82 Å². The Kier molecular flexibility index (Phi) is 6.31. The molecule has 0 saturated carbocycles. The number of halogens is 3. The molecule has 0 amide bonds. The van der Waals surface area contributed by atoms with Crippen LogP contribution in [-0.2, 0) is 6.42 Å². The van der Waals surface area contributed by atoms with Crippen LogP contribution in [0.4, 0.5) is 14.6 Å². The van der Waals surface area contributed by atoms with Crippen LogP contribution in [-0.4, -0.2) is 75.4 Å². The van der Waals surface area contributed by atoms with E-state index in [2.05, 4.69) is 25.1 Å². The lowest BCUT2D eigenvalue weighted by molar-refractivity contribution is 0.108. The third-order valence-corrected chi connectivity index (χ3v) is 10.4. The molecule has 8 rings (SSSR count). The van der Waals surface area contributed by atoms with Crippen molar-refractivity contribution in [1.82, 2.24) is 25.2 Å². The minimum atomic E-state index is -0.677. The molecule has 2 aromatic heterocycles. The number of allylic oxidation sites excluding steroid dienone is 1. The van der Waals surface area contributed by atoms with Gasteiger partial charge >= 0.3 is 6.01 Å². The Morgan fingerprint density at radius 2 is 1.83 bits per heavy atom. The molecular weight excluding hydrogens is 562 g/mol. The summed E-state index contributed by atoms with van der Waals surface area (Å²) in [6.07, 6.45) is 8.69. The molecule has 1 aliphatic carbocycles. The average molecular weight is 595 g/mol. The summed E-state index contributed by atoms with van der Waals surface area (Å²) in [4.78, 5) is 18.7. The summed E-state index contributed by atoms with van der Waals surface area (Å²) >= 11 is 6.42. The Hall–Kier alpha value is -3.08. The van der Waals surface area contributed by atoms with E-state index in [1.54, 1.807) is 12.3 Å². The van der Waals surface area contributed by atoms with E-state index in [0.717, 1.165) is 64.7 Å². The fourth-order valence-electron chi connectivity index (χ4n) is 7.96. The third kappa shape index (κ3) is 4.25. The van der Waals surface area contributed by atoms with Gasteiger partial charge in [-0.15, -0.1) is 0 Å². The lowest BCUT2D eigenvalue weighted by atomic mass is 9.90. The highest BCUT2D eigenvalue weighted by Crippen LogP contribution is 2.44. The number of phenolic OH excluding ortho intramolecular Hbond substituents is 1. The number of phenols is 1. The summed E-state index contributed by atoms with van der Waals surface area (Å²) in [6, 6.07) is 3.78. The van der Waals surface area contributed by atoms with Crippen LogP contribution in [0.5, 0.6) is 11.8 Å². The molecule has 4 fully saturated rings. The second-order valence-corrected chi connectivity index (χ2v) is 12.9. The summed E-state index contributed by atoms with van der Waals surface area (Å²) in [5.41, 5.74) is 1.27. The number of hydrogen-bond donors (Lipinski definition) is 2. The zero-order chi connectivity index (χ0) is 28.6. The van der Waals surface area contributed by atoms with Crippen LogP contribution >= 0.6 is 11.6 Å². The monoisotopic (exact) mass is 594 g/mol. The first-order valence-corrected chi connectivity index (χ1v) is 15.4. The van der Waals surface area contributed by atoms with Crippen molar-refractivity contribution in [3.8, 4) is 23.0 Å². The van der Waals surface area contributed by atoms with Gasteiger partial charge in [-0.1, -0.05) is 11.6 Å². The first-order valence-electron chi connectivity index (χ1n) is 15.0. The molecule has 1 aromatic carbocycles. The minimum absolute atomic E-state index is 0.0115. The predicted molar refractivity (Wildman–Crippen MR) is 157 cm³/mol. The zero-order valence-corrected chi connectivity index (χ0v) is 24.1. The third-order valence-electron chi connectivity index (χ3n) is 9.97. The molecule has 2 unspecified atom stereocenters. The number of piperazine rings is 1. The second kappa shape index (κ2) is 9.99. The van der Waals surface area contributed by atoms with Gasteiger partial charge in [0.25, 0.3) is 0 Å². The summed E-state index contributed by atoms with van der Waals surface area (Å²) in [6.45, 7) is 4.12. The van der Waals surface area contributed by atoms with Gasteiger partial charge in [0.15, 0.2) is 5.82 Å². The number of rotatable bonds is 5. The normalized spacial score (nSPS) is 24.9. The molecule has 0 radical (unpaired) electrons. The standard InChI is InChI=1S/C31H33ClF2N6O2/c32-25-23(33)6-3-17-11-20(41)12-21(24(17)25)27-26(34)28-22(13-35-27)29(39-14-18-4-5-19(15-39)36-18)38-30(37-28)42-16-31-7-1-9-40(31)10-2-8-31/h11-13,18-19,36,41H,1-10,14-16H2. The Balaban J connectivity index is 1.26. The second-order valence-electron chi connectivity index (χ2n) is 12.5. The van der Waals surface area contributed by atoms with E-state index < -0.39 is 11.6 Å². The Bertz CT molecular complexity index is 1610. The van der Waals surface area contributed by atoms with Crippen molar-refractivity contribution < 1.29 is 18.6 Å². The predicted octanol–water partition coefficient (Wildman–Crippen LogP) is 5.31. The van der Waals surface area contributed by atoms with Crippen molar-refractivity contribution in [3.63, 3.8) is 0 Å². The molecule has 4 aliphatic heterocycles. The van der Waals surface area contributed by atoms with E-state index in [-0.39, 0.29) is 45.5 Å². The SMILES string of the molecule is Oc1cc2c(c(-c3ncc4c(N5CC6CCC(C5)N6)nc(OCC56CCCN5CCC6)nc4c3F)c1)C(Cl)=C(F)CC2. The summed E-state index contributed by atoms with van der Waals surface area (Å²) in [5.74, 6) is -0.583. The van der Waals surface area contributed by atoms with E-state index >= 15 is 4.39 Å². The number of nitrogens with zero attached hydrogens (tertiary/aromatic N) is 5. The van der Waals surface area contributed by atoms with Gasteiger partial charge in [0.1, 0.15) is 35.2 Å². The largest absolute Gasteiger partial charge is 0.508 e. The van der Waals surface area contributed by atoms with Gasteiger partial charge in [0.05, 0.1) is 16.0 Å². The average Bonchev–Trinajstić information content (AvgIpc) is 3.67. The molecular formula is C31H33ClF2N6O2. The van der Waals surface area contributed by atoms with Crippen molar-refractivity contribution in [1.29, 1.82) is 0 Å². The molecule has 5 aliphatic rings. The minimum Gasteiger partial charge on any atom is -0.508 e. The van der Waals surface area contributed by atoms with E-state index in [4.69, 9.17) is 21.3 Å². The fourth-order valence-corrected chi connectivity index (χ4v) is 8.28. The van der Waals surface area contributed by atoms with Crippen LogP contribution in [0.1, 0.15) is 56.1 Å². The molecule has 3 aromatic rings. The molecule has 4 saturated heterocycles. The molecule has 42 heavy (non-hydrogen) atoms. The zero-order valence-electron chi connectivity index (χ0n) is 23.3. The van der Waals surface area contributed by atoms with Gasteiger partial charge in [-0.2, -0.15) is 9.97 Å². The van der Waals surface area contributed by atoms with Gasteiger partial charge in [-0.05, 0) is 75.7 Å². The summed E-state index contributed by atoms with van der Waals surface area (Å²) in [7, 11) is 0. The highest BCUT2D eigenvalue weighted by atomic mass is 35.5. The van der Waals surface area contributed by atoms with E-state index in [9.17, 15) is 9.50 Å². The quantitative estimate of drug-likeness (QED) is 0.411. The number of anilines is 1. The first-order chi connectivity index (χ1) is 20.4. The number of benzene rings is 1. The van der Waals surface area contributed by atoms with Gasteiger partial charge in [-0.25, -0.2) is 8.78 Å². The van der Waals surface area contributed by atoms with E-state index in [1.807, 2.05) is 0 Å². The summed E-state index contributed by atoms with van der Waals surface area (Å²) in [5, 5.41) is 14.5. The number of aryl methyl sites for hydroxylation is 1. The highest BCUT2D eigenvalue weighted by molar-refractivity contribution is 6.50. The van der Waals surface area contributed by atoms with Crippen LogP contribution in [0.2, 0.25) is 0 Å². The number of hydrogen-bond acceptors (Lipinski definition) is 8. The number of nitrogens with one attached hydrogen (secondary N) is 1. The van der Waals surface area contributed by atoms with E-state index in [0.29, 0.717) is 47.4 Å². The number of ether oxygens (including phenoxy) is 1. The topological polar surface area (TPSA) is 86.6 Å². The van der Waals surface area contributed by atoms with Crippen molar-refractivity contribution in [3.05, 3.63) is 41.1 Å². The molecule has 0 spiro atoms. The van der Waals surface area contributed by atoms with Gasteiger partial charge in [0.2, 0.25) is 0 Å². The van der Waals surface area contributed by atoms with Crippen LogP contribution in [0.3, 0.4) is 0 Å². The van der Waals surface area contributed by atoms with Gasteiger partial charge in [0, 0.05) is 48.9 Å². The molecule has 6 heterocycles. The highest BCUT2D eigenvalue weighted by Gasteiger charge is 2.45.